The summed E-state index contributed by atoms with van der Waals surface area (Å²) in [6.07, 6.45) is 3.58. The average molecular weight is 224 g/mol. The Morgan fingerprint density at radius 3 is 2.94 bits per heavy atom. The normalized spacial score (nSPS) is 10.8. The molecule has 0 unspecified atom stereocenters. The molecule has 17 heavy (non-hydrogen) atoms. The lowest BCUT2D eigenvalue weighted by atomic mass is 10.2. The van der Waals surface area contributed by atoms with Crippen LogP contribution in [0.5, 0.6) is 0 Å². The molecule has 0 fully saturated rings. The summed E-state index contributed by atoms with van der Waals surface area (Å²) >= 11 is 0. The zero-order valence-corrected chi connectivity index (χ0v) is 9.24. The van der Waals surface area contributed by atoms with Gasteiger partial charge in [0.15, 0.2) is 0 Å². The zero-order valence-electron chi connectivity index (χ0n) is 9.24. The van der Waals surface area contributed by atoms with Crippen LogP contribution in [0.1, 0.15) is 5.69 Å². The molecule has 0 aliphatic carbocycles. The van der Waals surface area contributed by atoms with Crippen LogP contribution in [0.4, 0.5) is 5.69 Å². The van der Waals surface area contributed by atoms with Crippen LogP contribution in [0, 0.1) is 0 Å². The first-order valence-corrected chi connectivity index (χ1v) is 5.44. The maximum atomic E-state index is 5.73. The minimum atomic E-state index is 0.637. The molecule has 0 atom stereocenters. The van der Waals surface area contributed by atoms with Crippen LogP contribution < -0.4 is 5.73 Å². The SMILES string of the molecule is Nc1ccnc(Cn2ncc3ccccc32)c1. The molecular formula is C13H12N4. The summed E-state index contributed by atoms with van der Waals surface area (Å²) in [6, 6.07) is 11.8. The van der Waals surface area contributed by atoms with E-state index >= 15 is 0 Å². The van der Waals surface area contributed by atoms with E-state index in [1.165, 1.54) is 0 Å². The Labute approximate surface area is 98.7 Å². The van der Waals surface area contributed by atoms with Gasteiger partial charge in [-0.2, -0.15) is 5.10 Å². The Balaban J connectivity index is 2.00. The van der Waals surface area contributed by atoms with Gasteiger partial charge in [-0.3, -0.25) is 9.67 Å². The number of aromatic nitrogens is 3. The third-order valence-corrected chi connectivity index (χ3v) is 2.70. The van der Waals surface area contributed by atoms with Gasteiger partial charge in [0.2, 0.25) is 0 Å². The summed E-state index contributed by atoms with van der Waals surface area (Å²) in [6.45, 7) is 0.637. The summed E-state index contributed by atoms with van der Waals surface area (Å²) in [5.41, 5.74) is 8.48. The number of benzene rings is 1. The Hall–Kier alpha value is -2.36. The maximum Gasteiger partial charge on any atom is 0.0839 e. The molecule has 3 aromatic rings. The fraction of sp³-hybridized carbons (Fsp3) is 0.0769. The van der Waals surface area contributed by atoms with Crippen molar-refractivity contribution in [3.63, 3.8) is 0 Å². The average Bonchev–Trinajstić information content (AvgIpc) is 2.73. The third kappa shape index (κ3) is 1.85. The van der Waals surface area contributed by atoms with Crippen LogP contribution in [0.3, 0.4) is 0 Å². The quantitative estimate of drug-likeness (QED) is 0.724. The van der Waals surface area contributed by atoms with E-state index < -0.39 is 0 Å². The van der Waals surface area contributed by atoms with Crippen molar-refractivity contribution in [2.24, 2.45) is 0 Å². The minimum absolute atomic E-state index is 0.637. The van der Waals surface area contributed by atoms with Gasteiger partial charge in [-0.25, -0.2) is 0 Å². The molecule has 0 bridgehead atoms. The van der Waals surface area contributed by atoms with Gasteiger partial charge < -0.3 is 5.73 Å². The summed E-state index contributed by atoms with van der Waals surface area (Å²) in [4.78, 5) is 4.28. The highest BCUT2D eigenvalue weighted by Crippen LogP contribution is 2.14. The second kappa shape index (κ2) is 3.90. The van der Waals surface area contributed by atoms with Crippen molar-refractivity contribution in [1.29, 1.82) is 0 Å². The second-order valence-electron chi connectivity index (χ2n) is 3.94. The number of fused-ring (bicyclic) bond motifs is 1. The van der Waals surface area contributed by atoms with Crippen LogP contribution in [0.2, 0.25) is 0 Å². The fourth-order valence-electron chi connectivity index (χ4n) is 1.89. The van der Waals surface area contributed by atoms with Gasteiger partial charge in [0.1, 0.15) is 0 Å². The van der Waals surface area contributed by atoms with Gasteiger partial charge in [-0.05, 0) is 18.2 Å². The van der Waals surface area contributed by atoms with Crippen molar-refractivity contribution in [3.8, 4) is 0 Å². The minimum Gasteiger partial charge on any atom is -0.399 e. The number of hydrogen-bond donors (Lipinski definition) is 1. The maximum absolute atomic E-state index is 5.73. The van der Waals surface area contributed by atoms with Gasteiger partial charge in [-0.1, -0.05) is 18.2 Å². The van der Waals surface area contributed by atoms with Crippen molar-refractivity contribution in [2.75, 3.05) is 5.73 Å². The van der Waals surface area contributed by atoms with E-state index in [9.17, 15) is 0 Å². The lowest BCUT2D eigenvalue weighted by Crippen LogP contribution is -2.03. The van der Waals surface area contributed by atoms with Crippen molar-refractivity contribution >= 4 is 16.6 Å². The highest BCUT2D eigenvalue weighted by atomic mass is 15.3. The summed E-state index contributed by atoms with van der Waals surface area (Å²) in [7, 11) is 0. The summed E-state index contributed by atoms with van der Waals surface area (Å²) in [5, 5.41) is 5.49. The number of nitrogens with two attached hydrogens (primary N) is 1. The number of para-hydroxylation sites is 1. The predicted molar refractivity (Wildman–Crippen MR) is 67.5 cm³/mol. The highest BCUT2D eigenvalue weighted by Gasteiger charge is 2.03. The number of anilines is 1. The highest BCUT2D eigenvalue weighted by molar-refractivity contribution is 5.78. The Morgan fingerprint density at radius 2 is 2.06 bits per heavy atom. The number of nitrogen functional groups attached to an aromatic ring is 1. The monoisotopic (exact) mass is 224 g/mol. The zero-order chi connectivity index (χ0) is 11.7. The number of hydrogen-bond acceptors (Lipinski definition) is 3. The molecule has 0 saturated heterocycles. The molecule has 0 saturated carbocycles. The molecule has 1 aromatic carbocycles. The molecule has 0 aliphatic heterocycles. The molecule has 4 nitrogen and oxygen atoms in total. The van der Waals surface area contributed by atoms with E-state index in [1.54, 1.807) is 12.3 Å². The molecule has 0 aliphatic rings. The van der Waals surface area contributed by atoms with Crippen molar-refractivity contribution in [2.45, 2.75) is 6.54 Å². The first-order chi connectivity index (χ1) is 8.33. The van der Waals surface area contributed by atoms with Crippen LogP contribution in [0.25, 0.3) is 10.9 Å². The van der Waals surface area contributed by atoms with Crippen LogP contribution in [-0.4, -0.2) is 14.8 Å². The lowest BCUT2D eigenvalue weighted by Gasteiger charge is -2.03. The third-order valence-electron chi connectivity index (χ3n) is 2.70. The topological polar surface area (TPSA) is 56.7 Å². The van der Waals surface area contributed by atoms with E-state index in [4.69, 9.17) is 5.73 Å². The second-order valence-corrected chi connectivity index (χ2v) is 3.94. The standard InChI is InChI=1S/C13H12N4/c14-11-5-6-15-12(7-11)9-17-13-4-2-1-3-10(13)8-16-17/h1-8H,9H2,(H2,14,15). The molecule has 2 aromatic heterocycles. The first-order valence-electron chi connectivity index (χ1n) is 5.44. The van der Waals surface area contributed by atoms with Gasteiger partial charge in [-0.15, -0.1) is 0 Å². The van der Waals surface area contributed by atoms with E-state index in [0.29, 0.717) is 6.54 Å². The van der Waals surface area contributed by atoms with Gasteiger partial charge >= 0.3 is 0 Å². The van der Waals surface area contributed by atoms with E-state index in [-0.39, 0.29) is 0 Å². The van der Waals surface area contributed by atoms with Gasteiger partial charge in [0.25, 0.3) is 0 Å². The number of rotatable bonds is 2. The van der Waals surface area contributed by atoms with Crippen molar-refractivity contribution in [3.05, 3.63) is 54.5 Å². The van der Waals surface area contributed by atoms with Crippen LogP contribution in [-0.2, 0) is 6.54 Å². The summed E-state index contributed by atoms with van der Waals surface area (Å²) in [5.74, 6) is 0. The van der Waals surface area contributed by atoms with Gasteiger partial charge in [0.05, 0.1) is 24.0 Å². The molecule has 0 radical (unpaired) electrons. The summed E-state index contributed by atoms with van der Waals surface area (Å²) < 4.78 is 1.93. The Morgan fingerprint density at radius 1 is 1.18 bits per heavy atom. The number of pyridine rings is 1. The molecule has 0 amide bonds. The van der Waals surface area contributed by atoms with E-state index in [2.05, 4.69) is 16.1 Å². The molecule has 4 heteroatoms. The molecule has 2 N–H and O–H groups in total. The van der Waals surface area contributed by atoms with Crippen LogP contribution in [0.15, 0.2) is 48.8 Å². The molecule has 3 rings (SSSR count). The fourth-order valence-corrected chi connectivity index (χ4v) is 1.89. The van der Waals surface area contributed by atoms with Gasteiger partial charge in [0, 0.05) is 17.3 Å². The van der Waals surface area contributed by atoms with E-state index in [1.807, 2.05) is 35.1 Å². The smallest absolute Gasteiger partial charge is 0.0839 e. The van der Waals surface area contributed by atoms with Crippen LogP contribution >= 0.6 is 0 Å². The van der Waals surface area contributed by atoms with E-state index in [0.717, 1.165) is 22.3 Å². The Kier molecular flexibility index (Phi) is 2.26. The predicted octanol–water partition coefficient (Wildman–Crippen LogP) is 2.06. The van der Waals surface area contributed by atoms with Crippen molar-refractivity contribution in [1.82, 2.24) is 14.8 Å². The largest absolute Gasteiger partial charge is 0.399 e. The number of nitrogens with zero attached hydrogens (tertiary/aromatic N) is 3. The first kappa shape index (κ1) is 9.84. The molecular weight excluding hydrogens is 212 g/mol. The van der Waals surface area contributed by atoms with Crippen molar-refractivity contribution < 1.29 is 0 Å². The Bertz CT molecular complexity index is 657. The molecule has 0 spiro atoms. The molecule has 2 heterocycles. The molecule has 84 valence electrons. The lowest BCUT2D eigenvalue weighted by molar-refractivity contribution is 0.697.